The number of carbonyl (C=O) groups is 2. The highest BCUT2D eigenvalue weighted by molar-refractivity contribution is 6.21. The molecule has 6 nitrogen and oxygen atoms in total. The number of nitrogens with zero attached hydrogens (tertiary/aromatic N) is 4. The summed E-state index contributed by atoms with van der Waals surface area (Å²) in [6.07, 6.45) is -4.16. The number of amides is 2. The summed E-state index contributed by atoms with van der Waals surface area (Å²) in [4.78, 5) is 26.5. The van der Waals surface area contributed by atoms with Gasteiger partial charge in [0.1, 0.15) is 0 Å². The maximum absolute atomic E-state index is 13.5. The Morgan fingerprint density at radius 3 is 2.08 bits per heavy atom. The third-order valence-corrected chi connectivity index (χ3v) is 6.74. The molecule has 1 aliphatic heterocycles. The summed E-state index contributed by atoms with van der Waals surface area (Å²) < 4.78 is 41.8. The van der Waals surface area contributed by atoms with E-state index >= 15 is 0 Å². The van der Waals surface area contributed by atoms with Crippen LogP contribution in [-0.4, -0.2) is 26.5 Å². The van der Waals surface area contributed by atoms with Gasteiger partial charge in [-0.05, 0) is 55.3 Å². The van der Waals surface area contributed by atoms with E-state index in [4.69, 9.17) is 5.26 Å². The van der Waals surface area contributed by atoms with Crippen molar-refractivity contribution in [2.24, 2.45) is 0 Å². The van der Waals surface area contributed by atoms with E-state index in [1.807, 2.05) is 24.3 Å². The molecular formula is C29H21F3N4O2. The van der Waals surface area contributed by atoms with Gasteiger partial charge in [0.25, 0.3) is 11.8 Å². The Hall–Kier alpha value is -4.71. The van der Waals surface area contributed by atoms with E-state index in [2.05, 4.69) is 5.10 Å². The summed E-state index contributed by atoms with van der Waals surface area (Å²) in [5.74, 6) is -0.630. The number of imide groups is 1. The molecule has 0 aliphatic carbocycles. The molecule has 2 amide bonds. The summed E-state index contributed by atoms with van der Waals surface area (Å²) >= 11 is 0. The minimum absolute atomic E-state index is 0.156. The van der Waals surface area contributed by atoms with Crippen LogP contribution in [0.3, 0.4) is 0 Å². The van der Waals surface area contributed by atoms with E-state index in [9.17, 15) is 22.8 Å². The van der Waals surface area contributed by atoms with Gasteiger partial charge in [-0.1, -0.05) is 36.4 Å². The van der Waals surface area contributed by atoms with Gasteiger partial charge in [0, 0.05) is 17.7 Å². The molecule has 38 heavy (non-hydrogen) atoms. The first-order valence-corrected chi connectivity index (χ1v) is 11.8. The lowest BCUT2D eigenvalue weighted by Crippen LogP contribution is -2.29. The zero-order chi connectivity index (χ0) is 27.2. The van der Waals surface area contributed by atoms with Crippen molar-refractivity contribution in [2.75, 3.05) is 0 Å². The minimum Gasteiger partial charge on any atom is -0.270 e. The van der Waals surface area contributed by atoms with Crippen LogP contribution in [0.4, 0.5) is 13.2 Å². The van der Waals surface area contributed by atoms with E-state index in [-0.39, 0.29) is 24.0 Å². The summed E-state index contributed by atoms with van der Waals surface area (Å²) in [5, 5.41) is 13.5. The molecule has 9 heteroatoms. The third kappa shape index (κ3) is 4.34. The number of aryl methyl sites for hydroxylation is 1. The summed E-state index contributed by atoms with van der Waals surface area (Å²) in [6, 6.07) is 19.4. The Morgan fingerprint density at radius 2 is 1.50 bits per heavy atom. The van der Waals surface area contributed by atoms with Crippen LogP contribution in [0.1, 0.15) is 59.9 Å². The fourth-order valence-electron chi connectivity index (χ4n) is 4.71. The first-order valence-electron chi connectivity index (χ1n) is 11.8. The molecule has 0 spiro atoms. The molecule has 2 heterocycles. The first-order chi connectivity index (χ1) is 18.1. The van der Waals surface area contributed by atoms with Gasteiger partial charge in [-0.2, -0.15) is 23.5 Å². The largest absolute Gasteiger partial charge is 0.417 e. The predicted molar refractivity (Wildman–Crippen MR) is 133 cm³/mol. The van der Waals surface area contributed by atoms with Crippen LogP contribution in [0, 0.1) is 25.2 Å². The van der Waals surface area contributed by atoms with Crippen LogP contribution in [0.15, 0.2) is 66.7 Å². The van der Waals surface area contributed by atoms with Crippen molar-refractivity contribution in [3.05, 3.63) is 117 Å². The number of benzene rings is 3. The van der Waals surface area contributed by atoms with E-state index in [1.54, 1.807) is 44.2 Å². The molecule has 0 radical (unpaired) electrons. The molecule has 4 aromatic rings. The summed E-state index contributed by atoms with van der Waals surface area (Å²) in [7, 11) is 0. The van der Waals surface area contributed by atoms with Gasteiger partial charge in [-0.25, -0.2) is 4.68 Å². The number of hydrogen-bond donors (Lipinski definition) is 0. The van der Waals surface area contributed by atoms with Crippen molar-refractivity contribution in [2.45, 2.75) is 33.0 Å². The zero-order valence-electron chi connectivity index (χ0n) is 20.5. The Bertz CT molecular complexity index is 1590. The predicted octanol–water partition coefficient (Wildman–Crippen LogP) is 5.77. The van der Waals surface area contributed by atoms with Crippen LogP contribution in [0.5, 0.6) is 0 Å². The fraction of sp³-hybridized carbons (Fsp3) is 0.172. The Balaban J connectivity index is 1.36. The van der Waals surface area contributed by atoms with E-state index in [0.717, 1.165) is 28.8 Å². The number of nitriles is 1. The van der Waals surface area contributed by atoms with Crippen molar-refractivity contribution in [1.82, 2.24) is 14.7 Å². The Morgan fingerprint density at radius 1 is 0.895 bits per heavy atom. The maximum atomic E-state index is 13.5. The molecule has 0 saturated heterocycles. The van der Waals surface area contributed by atoms with Crippen LogP contribution in [0.25, 0.3) is 5.69 Å². The number of alkyl halides is 3. The average molecular weight is 515 g/mol. The molecule has 0 atom stereocenters. The molecule has 1 aliphatic rings. The lowest BCUT2D eigenvalue weighted by atomic mass is 10.0. The maximum Gasteiger partial charge on any atom is 0.417 e. The first kappa shape index (κ1) is 25.0. The number of rotatable bonds is 5. The molecule has 0 fully saturated rings. The zero-order valence-corrected chi connectivity index (χ0v) is 20.5. The lowest BCUT2D eigenvalue weighted by molar-refractivity contribution is -0.137. The van der Waals surface area contributed by atoms with Gasteiger partial charge in [0.15, 0.2) is 0 Å². The van der Waals surface area contributed by atoms with Gasteiger partial charge < -0.3 is 0 Å². The smallest absolute Gasteiger partial charge is 0.270 e. The SMILES string of the molecule is Cc1nn(-c2ccc(C#N)c(C(F)(F)F)c2)c(C)c1Cc1ccc(CN2C(=O)c3ccccc3C2=O)cc1. The molecule has 5 rings (SSSR count). The van der Waals surface area contributed by atoms with Crippen molar-refractivity contribution in [3.63, 3.8) is 0 Å². The van der Waals surface area contributed by atoms with Crippen molar-refractivity contribution >= 4 is 11.8 Å². The van der Waals surface area contributed by atoms with Crippen molar-refractivity contribution in [1.29, 1.82) is 5.26 Å². The van der Waals surface area contributed by atoms with E-state index in [1.165, 1.54) is 15.6 Å². The standard InChI is InChI=1S/C29H21F3N4O2/c1-17-25(18(2)36(34-17)22-12-11-21(15-33)26(14-22)29(30,31)32)13-19-7-9-20(10-8-19)16-35-27(37)23-5-3-4-6-24(23)28(35)38/h3-12,14H,13,16H2,1-2H3. The molecule has 0 N–H and O–H groups in total. The molecule has 0 saturated carbocycles. The summed E-state index contributed by atoms with van der Waals surface area (Å²) in [5.41, 5.74) is 3.57. The highest BCUT2D eigenvalue weighted by Gasteiger charge is 2.35. The number of aromatic nitrogens is 2. The van der Waals surface area contributed by atoms with Crippen molar-refractivity contribution in [3.8, 4) is 11.8 Å². The molecule has 190 valence electrons. The van der Waals surface area contributed by atoms with Gasteiger partial charge in [-0.3, -0.25) is 14.5 Å². The van der Waals surface area contributed by atoms with E-state index in [0.29, 0.717) is 28.9 Å². The second-order valence-electron chi connectivity index (χ2n) is 9.14. The van der Waals surface area contributed by atoms with Gasteiger partial charge >= 0.3 is 6.18 Å². The molecule has 1 aromatic heterocycles. The van der Waals surface area contributed by atoms with E-state index < -0.39 is 17.3 Å². The minimum atomic E-state index is -4.66. The van der Waals surface area contributed by atoms with Crippen LogP contribution in [-0.2, 0) is 19.1 Å². The number of fused-ring (bicyclic) bond motifs is 1. The lowest BCUT2D eigenvalue weighted by Gasteiger charge is -2.14. The third-order valence-electron chi connectivity index (χ3n) is 6.74. The van der Waals surface area contributed by atoms with Gasteiger partial charge in [-0.15, -0.1) is 0 Å². The van der Waals surface area contributed by atoms with Crippen LogP contribution < -0.4 is 0 Å². The highest BCUT2D eigenvalue weighted by atomic mass is 19.4. The van der Waals surface area contributed by atoms with Crippen molar-refractivity contribution < 1.29 is 22.8 Å². The number of hydrogen-bond acceptors (Lipinski definition) is 4. The highest BCUT2D eigenvalue weighted by Crippen LogP contribution is 2.34. The normalized spacial score (nSPS) is 13.1. The second-order valence-corrected chi connectivity index (χ2v) is 9.14. The quantitative estimate of drug-likeness (QED) is 0.317. The van der Waals surface area contributed by atoms with Crippen LogP contribution in [0.2, 0.25) is 0 Å². The molecule has 0 bridgehead atoms. The topological polar surface area (TPSA) is 79.0 Å². The fourth-order valence-corrected chi connectivity index (χ4v) is 4.71. The average Bonchev–Trinajstić information content (AvgIpc) is 3.32. The number of carbonyl (C=O) groups excluding carboxylic acids is 2. The van der Waals surface area contributed by atoms with Crippen LogP contribution >= 0.6 is 0 Å². The monoisotopic (exact) mass is 514 g/mol. The van der Waals surface area contributed by atoms with Gasteiger partial charge in [0.2, 0.25) is 0 Å². The molecular weight excluding hydrogens is 493 g/mol. The summed E-state index contributed by atoms with van der Waals surface area (Å²) in [6.45, 7) is 3.74. The second kappa shape index (κ2) is 9.30. The Labute approximate surface area is 216 Å². The van der Waals surface area contributed by atoms with Gasteiger partial charge in [0.05, 0.1) is 46.2 Å². The molecule has 3 aromatic carbocycles. The number of halogens is 3. The Kier molecular flexibility index (Phi) is 6.11. The molecule has 0 unspecified atom stereocenters.